The van der Waals surface area contributed by atoms with Gasteiger partial charge in [0, 0.05) is 48.7 Å². The summed E-state index contributed by atoms with van der Waals surface area (Å²) in [6.45, 7) is 4.93. The second-order valence-corrected chi connectivity index (χ2v) is 7.87. The van der Waals surface area contributed by atoms with Gasteiger partial charge < -0.3 is 19.9 Å². The fourth-order valence-corrected chi connectivity index (χ4v) is 3.75. The molecule has 0 spiro atoms. The molecular formula is C26H27N3O3. The Bertz CT molecular complexity index is 1070. The average molecular weight is 430 g/mol. The molecule has 3 aromatic rings. The Balaban J connectivity index is 1.32. The largest absolute Gasteiger partial charge is 0.497 e. The number of rotatable bonds is 5. The minimum atomic E-state index is -0.163. The molecule has 164 valence electrons. The van der Waals surface area contributed by atoms with Gasteiger partial charge in [0.25, 0.3) is 11.8 Å². The molecule has 6 heteroatoms. The quantitative estimate of drug-likeness (QED) is 0.660. The number of aryl methyl sites for hydroxylation is 1. The maximum Gasteiger partial charge on any atom is 0.255 e. The number of carbonyl (C=O) groups excluding carboxylic acids is 2. The van der Waals surface area contributed by atoms with Crippen LogP contribution in [0.1, 0.15) is 26.3 Å². The summed E-state index contributed by atoms with van der Waals surface area (Å²) in [7, 11) is 1.60. The fraction of sp³-hybridized carbons (Fsp3) is 0.231. The van der Waals surface area contributed by atoms with E-state index in [1.165, 1.54) is 0 Å². The van der Waals surface area contributed by atoms with Crippen LogP contribution in [0.25, 0.3) is 0 Å². The number of benzene rings is 3. The molecule has 2 amide bonds. The third-order valence-electron chi connectivity index (χ3n) is 5.71. The number of hydrogen-bond acceptors (Lipinski definition) is 4. The zero-order valence-electron chi connectivity index (χ0n) is 18.4. The van der Waals surface area contributed by atoms with Gasteiger partial charge >= 0.3 is 0 Å². The Morgan fingerprint density at radius 3 is 1.97 bits per heavy atom. The maximum absolute atomic E-state index is 12.7. The fourth-order valence-electron chi connectivity index (χ4n) is 3.75. The Morgan fingerprint density at radius 1 is 0.781 bits per heavy atom. The molecule has 1 saturated heterocycles. The van der Waals surface area contributed by atoms with Crippen molar-refractivity contribution >= 4 is 23.2 Å². The van der Waals surface area contributed by atoms with Crippen LogP contribution in [0.15, 0.2) is 72.8 Å². The van der Waals surface area contributed by atoms with Crippen molar-refractivity contribution in [2.45, 2.75) is 6.92 Å². The summed E-state index contributed by atoms with van der Waals surface area (Å²) in [5.41, 5.74) is 4.28. The molecule has 0 bridgehead atoms. The first-order valence-electron chi connectivity index (χ1n) is 10.7. The van der Waals surface area contributed by atoms with E-state index in [1.54, 1.807) is 31.4 Å². The lowest BCUT2D eigenvalue weighted by molar-refractivity contribution is 0.0746. The molecule has 0 atom stereocenters. The zero-order chi connectivity index (χ0) is 22.5. The summed E-state index contributed by atoms with van der Waals surface area (Å²) in [5.74, 6) is 0.636. The highest BCUT2D eigenvalue weighted by Crippen LogP contribution is 2.21. The lowest BCUT2D eigenvalue weighted by atomic mass is 10.1. The normalized spacial score (nSPS) is 13.6. The lowest BCUT2D eigenvalue weighted by Crippen LogP contribution is -2.48. The van der Waals surface area contributed by atoms with E-state index in [-0.39, 0.29) is 11.8 Å². The molecule has 3 aromatic carbocycles. The molecule has 1 aliphatic heterocycles. The topological polar surface area (TPSA) is 61.9 Å². The van der Waals surface area contributed by atoms with Gasteiger partial charge in [0.2, 0.25) is 0 Å². The predicted octanol–water partition coefficient (Wildman–Crippen LogP) is 4.22. The Morgan fingerprint density at radius 2 is 1.38 bits per heavy atom. The van der Waals surface area contributed by atoms with E-state index < -0.39 is 0 Å². The number of carbonyl (C=O) groups is 2. The van der Waals surface area contributed by atoms with Crippen LogP contribution in [0.4, 0.5) is 11.4 Å². The Hall–Kier alpha value is -3.80. The highest BCUT2D eigenvalue weighted by atomic mass is 16.5. The van der Waals surface area contributed by atoms with Crippen LogP contribution in [-0.4, -0.2) is 50.0 Å². The molecule has 1 N–H and O–H groups in total. The second-order valence-electron chi connectivity index (χ2n) is 7.87. The van der Waals surface area contributed by atoms with Crippen LogP contribution in [0.2, 0.25) is 0 Å². The van der Waals surface area contributed by atoms with E-state index in [1.807, 2.05) is 60.4 Å². The number of hydrogen-bond donors (Lipinski definition) is 1. The van der Waals surface area contributed by atoms with Gasteiger partial charge in [-0.1, -0.05) is 17.7 Å². The number of piperazine rings is 1. The van der Waals surface area contributed by atoms with E-state index in [9.17, 15) is 9.59 Å². The van der Waals surface area contributed by atoms with Gasteiger partial charge in [-0.25, -0.2) is 0 Å². The molecule has 1 fully saturated rings. The zero-order valence-corrected chi connectivity index (χ0v) is 18.4. The van der Waals surface area contributed by atoms with E-state index in [4.69, 9.17) is 4.74 Å². The van der Waals surface area contributed by atoms with Gasteiger partial charge in [-0.15, -0.1) is 0 Å². The Labute approximate surface area is 188 Å². The van der Waals surface area contributed by atoms with E-state index in [2.05, 4.69) is 10.2 Å². The van der Waals surface area contributed by atoms with Gasteiger partial charge in [-0.3, -0.25) is 9.59 Å². The summed E-state index contributed by atoms with van der Waals surface area (Å²) in [5, 5.41) is 2.92. The molecule has 32 heavy (non-hydrogen) atoms. The highest BCUT2D eigenvalue weighted by Gasteiger charge is 2.22. The number of amides is 2. The first-order valence-corrected chi connectivity index (χ1v) is 10.7. The number of nitrogens with zero attached hydrogens (tertiary/aromatic N) is 2. The highest BCUT2D eigenvalue weighted by molar-refractivity contribution is 6.04. The van der Waals surface area contributed by atoms with Gasteiger partial charge in [0.05, 0.1) is 7.11 Å². The van der Waals surface area contributed by atoms with Crippen molar-refractivity contribution in [1.82, 2.24) is 4.90 Å². The number of methoxy groups -OCH3 is 1. The molecule has 1 aliphatic rings. The summed E-state index contributed by atoms with van der Waals surface area (Å²) in [4.78, 5) is 29.3. The van der Waals surface area contributed by atoms with E-state index in [0.29, 0.717) is 24.4 Å². The number of nitrogens with one attached hydrogen (secondary N) is 1. The average Bonchev–Trinajstić information content (AvgIpc) is 2.85. The molecule has 0 saturated carbocycles. The third kappa shape index (κ3) is 4.91. The molecule has 0 radical (unpaired) electrons. The van der Waals surface area contributed by atoms with Gasteiger partial charge in [-0.05, 0) is 67.6 Å². The van der Waals surface area contributed by atoms with Crippen molar-refractivity contribution < 1.29 is 14.3 Å². The molecule has 4 rings (SSSR count). The monoisotopic (exact) mass is 429 g/mol. The first-order chi connectivity index (χ1) is 15.5. The molecule has 0 aliphatic carbocycles. The third-order valence-corrected chi connectivity index (χ3v) is 5.71. The van der Waals surface area contributed by atoms with Crippen LogP contribution >= 0.6 is 0 Å². The number of anilines is 2. The van der Waals surface area contributed by atoms with Gasteiger partial charge in [-0.2, -0.15) is 0 Å². The molecular weight excluding hydrogens is 402 g/mol. The molecule has 0 unspecified atom stereocenters. The van der Waals surface area contributed by atoms with Crippen molar-refractivity contribution in [2.24, 2.45) is 0 Å². The smallest absolute Gasteiger partial charge is 0.255 e. The van der Waals surface area contributed by atoms with Crippen molar-refractivity contribution in [3.8, 4) is 5.75 Å². The van der Waals surface area contributed by atoms with E-state index in [0.717, 1.165) is 35.6 Å². The summed E-state index contributed by atoms with van der Waals surface area (Å²) in [6, 6.07) is 22.5. The minimum Gasteiger partial charge on any atom is -0.497 e. The summed E-state index contributed by atoms with van der Waals surface area (Å²) < 4.78 is 5.13. The number of ether oxygens (including phenoxy) is 1. The minimum absolute atomic E-state index is 0.0845. The van der Waals surface area contributed by atoms with Crippen LogP contribution in [-0.2, 0) is 0 Å². The van der Waals surface area contributed by atoms with Gasteiger partial charge in [0.1, 0.15) is 5.75 Å². The SMILES string of the molecule is COc1ccc(C(=O)Nc2ccc(N3CCN(C(=O)c4ccc(C)cc4)CC3)cc2)cc1. The summed E-state index contributed by atoms with van der Waals surface area (Å²) >= 11 is 0. The van der Waals surface area contributed by atoms with Crippen LogP contribution in [0.3, 0.4) is 0 Å². The van der Waals surface area contributed by atoms with Crippen molar-refractivity contribution in [3.05, 3.63) is 89.5 Å². The Kier molecular flexibility index (Phi) is 6.40. The molecule has 0 aromatic heterocycles. The van der Waals surface area contributed by atoms with Crippen LogP contribution in [0.5, 0.6) is 5.75 Å². The second kappa shape index (κ2) is 9.56. The van der Waals surface area contributed by atoms with Crippen LogP contribution < -0.4 is 15.0 Å². The molecule has 6 nitrogen and oxygen atoms in total. The van der Waals surface area contributed by atoms with Crippen molar-refractivity contribution in [1.29, 1.82) is 0 Å². The predicted molar refractivity (Wildman–Crippen MR) is 127 cm³/mol. The van der Waals surface area contributed by atoms with Crippen molar-refractivity contribution in [3.63, 3.8) is 0 Å². The van der Waals surface area contributed by atoms with Crippen LogP contribution in [0, 0.1) is 6.92 Å². The van der Waals surface area contributed by atoms with Crippen molar-refractivity contribution in [2.75, 3.05) is 43.5 Å². The first kappa shape index (κ1) is 21.4. The standard InChI is InChI=1S/C26H27N3O3/c1-19-3-5-21(6-4-19)26(31)29-17-15-28(16-18-29)23-11-9-22(10-12-23)27-25(30)20-7-13-24(32-2)14-8-20/h3-14H,15-18H2,1-2H3,(H,27,30). The lowest BCUT2D eigenvalue weighted by Gasteiger charge is -2.36. The maximum atomic E-state index is 12.7. The molecule has 1 heterocycles. The summed E-state index contributed by atoms with van der Waals surface area (Å²) in [6.07, 6.45) is 0. The van der Waals surface area contributed by atoms with Gasteiger partial charge in [0.15, 0.2) is 0 Å². The van der Waals surface area contributed by atoms with E-state index >= 15 is 0 Å².